The van der Waals surface area contributed by atoms with Crippen LogP contribution in [0.5, 0.6) is 0 Å². The van der Waals surface area contributed by atoms with Crippen LogP contribution >= 0.6 is 0 Å². The van der Waals surface area contributed by atoms with E-state index in [4.69, 9.17) is 20.4 Å². The van der Waals surface area contributed by atoms with Crippen molar-refractivity contribution in [3.05, 3.63) is 25.7 Å². The number of aliphatic hydroxyl groups excluding tert-OH is 4. The highest BCUT2D eigenvalue weighted by molar-refractivity contribution is 4.57. The lowest BCUT2D eigenvalue weighted by Crippen LogP contribution is -2.03. The molecule has 6 N–H and O–H groups in total. The summed E-state index contributed by atoms with van der Waals surface area (Å²) >= 11 is 0. The van der Waals surface area contributed by atoms with Gasteiger partial charge in [0.2, 0.25) is 0 Å². The topological polar surface area (TPSA) is 140 Å². The van der Waals surface area contributed by atoms with Gasteiger partial charge in [0.15, 0.2) is 0 Å². The average molecular weight is 300 g/mol. The van der Waals surface area contributed by atoms with Gasteiger partial charge in [0.05, 0.1) is 65.4 Å². The van der Waals surface area contributed by atoms with Gasteiger partial charge in [-0.2, -0.15) is 0 Å². The second-order valence-corrected chi connectivity index (χ2v) is 2.59. The lowest BCUT2D eigenvalue weighted by molar-refractivity contribution is 0.0649. The van der Waals surface area contributed by atoms with E-state index >= 15 is 0 Å². The van der Waals surface area contributed by atoms with Gasteiger partial charge < -0.3 is 40.1 Å². The van der Waals surface area contributed by atoms with Crippen LogP contribution in [-0.2, 0) is 14.2 Å². The molecule has 0 unspecified atom stereocenters. The Labute approximate surface area is 119 Å². The number of rotatable bonds is 10. The van der Waals surface area contributed by atoms with E-state index in [0.29, 0.717) is 26.4 Å². The second kappa shape index (κ2) is 36.1. The standard InChI is InChI=1S/2C4H10O3.C4H6O.H2O/c2*5-1-3-7-4-2-6;1-3-5-4-2;/h2*5-6H,1-4H2;3-4H,1-2H2;1H2. The van der Waals surface area contributed by atoms with Crippen molar-refractivity contribution in [3.8, 4) is 0 Å². The van der Waals surface area contributed by atoms with E-state index in [9.17, 15) is 0 Å². The number of ether oxygens (including phenoxy) is 3. The van der Waals surface area contributed by atoms with Crippen molar-refractivity contribution < 1.29 is 40.1 Å². The van der Waals surface area contributed by atoms with Gasteiger partial charge in [-0.15, -0.1) is 0 Å². The van der Waals surface area contributed by atoms with Crippen LogP contribution in [0.25, 0.3) is 0 Å². The van der Waals surface area contributed by atoms with Crippen molar-refractivity contribution in [2.75, 3.05) is 52.9 Å². The fourth-order valence-corrected chi connectivity index (χ4v) is 0.530. The number of hydrogen-bond acceptors (Lipinski definition) is 7. The zero-order valence-corrected chi connectivity index (χ0v) is 11.7. The summed E-state index contributed by atoms with van der Waals surface area (Å²) in [6.07, 6.45) is 2.62. The number of hydrogen-bond donors (Lipinski definition) is 4. The molecule has 0 radical (unpaired) electrons. The lowest BCUT2D eigenvalue weighted by atomic mass is 10.7. The summed E-state index contributed by atoms with van der Waals surface area (Å²) in [5.41, 5.74) is 0. The third-order valence-electron chi connectivity index (χ3n) is 1.13. The minimum atomic E-state index is 0. The van der Waals surface area contributed by atoms with Crippen molar-refractivity contribution in [3.63, 3.8) is 0 Å². The third-order valence-corrected chi connectivity index (χ3v) is 1.13. The summed E-state index contributed by atoms with van der Waals surface area (Å²) in [7, 11) is 0. The van der Waals surface area contributed by atoms with Gasteiger partial charge in [-0.05, 0) is 0 Å². The molecule has 0 aliphatic carbocycles. The molecule has 0 saturated carbocycles. The molecule has 8 nitrogen and oxygen atoms in total. The fraction of sp³-hybridized carbons (Fsp3) is 0.667. The molecule has 124 valence electrons. The Hall–Kier alpha value is -1.00. The summed E-state index contributed by atoms with van der Waals surface area (Å²) in [4.78, 5) is 0. The Morgan fingerprint density at radius 1 is 0.650 bits per heavy atom. The van der Waals surface area contributed by atoms with E-state index in [-0.39, 0.29) is 31.9 Å². The fourth-order valence-electron chi connectivity index (χ4n) is 0.530. The van der Waals surface area contributed by atoms with Crippen molar-refractivity contribution in [1.29, 1.82) is 0 Å². The van der Waals surface area contributed by atoms with Gasteiger partial charge in [-0.3, -0.25) is 0 Å². The van der Waals surface area contributed by atoms with Crippen LogP contribution in [0.3, 0.4) is 0 Å². The molecule has 0 aliphatic rings. The normalized spacial score (nSPS) is 8.00. The lowest BCUT2D eigenvalue weighted by Gasteiger charge is -1.94. The minimum absolute atomic E-state index is 0. The SMILES string of the molecule is C=COC=C.O.OCCOCCO.OCCOCCO. The smallest absolute Gasteiger partial charge is 0.0829 e. The zero-order valence-electron chi connectivity index (χ0n) is 11.7. The molecule has 0 aromatic rings. The molecule has 0 aliphatic heterocycles. The highest BCUT2D eigenvalue weighted by Gasteiger charge is 1.80. The molecule has 8 heteroatoms. The van der Waals surface area contributed by atoms with Gasteiger partial charge in [0.1, 0.15) is 0 Å². The van der Waals surface area contributed by atoms with Crippen molar-refractivity contribution in [1.82, 2.24) is 0 Å². The van der Waals surface area contributed by atoms with E-state index in [1.54, 1.807) is 0 Å². The molecular weight excluding hydrogens is 272 g/mol. The van der Waals surface area contributed by atoms with E-state index in [0.717, 1.165) is 0 Å². The summed E-state index contributed by atoms with van der Waals surface area (Å²) in [6.45, 7) is 7.91. The van der Waals surface area contributed by atoms with Crippen LogP contribution in [0.15, 0.2) is 25.7 Å². The maximum atomic E-state index is 8.09. The third kappa shape index (κ3) is 53.7. The molecule has 0 amide bonds. The predicted octanol–water partition coefficient (Wildman–Crippen LogP) is -1.56. The van der Waals surface area contributed by atoms with Gasteiger partial charge in [-0.25, -0.2) is 0 Å². The summed E-state index contributed by atoms with van der Waals surface area (Å²) < 4.78 is 13.6. The van der Waals surface area contributed by atoms with Gasteiger partial charge in [0, 0.05) is 0 Å². The van der Waals surface area contributed by atoms with E-state index < -0.39 is 0 Å². The maximum absolute atomic E-state index is 8.09. The first-order valence-electron chi connectivity index (χ1n) is 5.71. The molecule has 0 aromatic carbocycles. The minimum Gasteiger partial charge on any atom is -0.474 e. The van der Waals surface area contributed by atoms with E-state index in [1.165, 1.54) is 12.5 Å². The first kappa shape index (κ1) is 27.4. The average Bonchev–Trinajstić information content (AvgIpc) is 2.42. The maximum Gasteiger partial charge on any atom is 0.0829 e. The van der Waals surface area contributed by atoms with Crippen LogP contribution in [0.1, 0.15) is 0 Å². The quantitative estimate of drug-likeness (QED) is 0.282. The van der Waals surface area contributed by atoms with Crippen molar-refractivity contribution >= 4 is 0 Å². The zero-order chi connectivity index (χ0) is 15.2. The summed E-state index contributed by atoms with van der Waals surface area (Å²) in [5, 5.41) is 32.3. The van der Waals surface area contributed by atoms with Crippen LogP contribution < -0.4 is 0 Å². The second-order valence-electron chi connectivity index (χ2n) is 2.59. The molecule has 0 aromatic heterocycles. The molecule has 20 heavy (non-hydrogen) atoms. The Morgan fingerprint density at radius 2 is 0.900 bits per heavy atom. The molecule has 0 atom stereocenters. The molecule has 0 fully saturated rings. The number of aliphatic hydroxyl groups is 4. The molecule has 0 heterocycles. The molecule has 0 bridgehead atoms. The van der Waals surface area contributed by atoms with Gasteiger partial charge in [0.25, 0.3) is 0 Å². The first-order valence-corrected chi connectivity index (χ1v) is 5.71. The molecule has 0 spiro atoms. The van der Waals surface area contributed by atoms with Crippen molar-refractivity contribution in [2.45, 2.75) is 0 Å². The summed E-state index contributed by atoms with van der Waals surface area (Å²) in [5.74, 6) is 0. The first-order chi connectivity index (χ1) is 9.24. The highest BCUT2D eigenvalue weighted by atomic mass is 16.5. The van der Waals surface area contributed by atoms with Crippen LogP contribution in [0.4, 0.5) is 0 Å². The summed E-state index contributed by atoms with van der Waals surface area (Å²) in [6, 6.07) is 0. The predicted molar refractivity (Wildman–Crippen MR) is 75.1 cm³/mol. The van der Waals surface area contributed by atoms with Crippen LogP contribution in [-0.4, -0.2) is 78.8 Å². The van der Waals surface area contributed by atoms with Crippen molar-refractivity contribution in [2.24, 2.45) is 0 Å². The van der Waals surface area contributed by atoms with Crippen LogP contribution in [0.2, 0.25) is 0 Å². The highest BCUT2D eigenvalue weighted by Crippen LogP contribution is 1.69. The monoisotopic (exact) mass is 300 g/mol. The van der Waals surface area contributed by atoms with E-state index in [2.05, 4.69) is 27.4 Å². The Kier molecular flexibility index (Phi) is 49.4. The molecule has 0 rings (SSSR count). The molecule has 0 saturated heterocycles. The van der Waals surface area contributed by atoms with E-state index in [1.807, 2.05) is 0 Å². The Morgan fingerprint density at radius 3 is 1.00 bits per heavy atom. The van der Waals surface area contributed by atoms with Gasteiger partial charge >= 0.3 is 0 Å². The molecular formula is C12H28O8. The Bertz CT molecular complexity index is 130. The Balaban J connectivity index is -0.0000000952. The van der Waals surface area contributed by atoms with Gasteiger partial charge in [-0.1, -0.05) is 13.2 Å². The van der Waals surface area contributed by atoms with Crippen LogP contribution in [0, 0.1) is 0 Å². The largest absolute Gasteiger partial charge is 0.474 e.